The molecule has 0 aliphatic carbocycles. The minimum absolute atomic E-state index is 0.133. The Morgan fingerprint density at radius 3 is 2.82 bits per heavy atom. The number of rotatable bonds is 3. The van der Waals surface area contributed by atoms with Crippen molar-refractivity contribution in [2.75, 3.05) is 18.5 Å². The first-order valence-corrected chi connectivity index (χ1v) is 6.50. The highest BCUT2D eigenvalue weighted by Gasteiger charge is 2.08. The van der Waals surface area contributed by atoms with E-state index in [9.17, 15) is 9.59 Å². The van der Waals surface area contributed by atoms with Gasteiger partial charge < -0.3 is 11.1 Å². The van der Waals surface area contributed by atoms with Crippen LogP contribution in [0.3, 0.4) is 0 Å². The lowest BCUT2D eigenvalue weighted by molar-refractivity contribution is -0.117. The summed E-state index contributed by atoms with van der Waals surface area (Å²) >= 11 is 4.60. The van der Waals surface area contributed by atoms with Gasteiger partial charge in [0.05, 0.1) is 5.75 Å². The molecule has 0 bridgehead atoms. The number of halogens is 1. The van der Waals surface area contributed by atoms with Crippen LogP contribution in [0, 0.1) is 0 Å². The Balaban J connectivity index is 2.53. The molecule has 7 heteroatoms. The number of thioether (sulfide) groups is 1. The molecule has 4 N–H and O–H groups in total. The predicted molar refractivity (Wildman–Crippen MR) is 71.9 cm³/mol. The van der Waals surface area contributed by atoms with E-state index >= 15 is 0 Å². The van der Waals surface area contributed by atoms with Crippen LogP contribution in [-0.4, -0.2) is 24.7 Å². The van der Waals surface area contributed by atoms with E-state index in [1.165, 1.54) is 18.8 Å². The molecule has 0 saturated carbocycles. The lowest BCUT2D eigenvalue weighted by atomic mass is 10.3. The van der Waals surface area contributed by atoms with Crippen molar-refractivity contribution in [1.82, 2.24) is 10.6 Å². The number of anilines is 1. The summed E-state index contributed by atoms with van der Waals surface area (Å²) < 4.78 is 0.890. The van der Waals surface area contributed by atoms with Gasteiger partial charge in [-0.3, -0.25) is 10.1 Å². The van der Waals surface area contributed by atoms with Gasteiger partial charge in [0.1, 0.15) is 0 Å². The number of nitrogens with one attached hydrogen (secondary N) is 2. The Kier molecular flexibility index (Phi) is 5.30. The van der Waals surface area contributed by atoms with Crippen LogP contribution in [0.2, 0.25) is 0 Å². The topological polar surface area (TPSA) is 84.2 Å². The maximum absolute atomic E-state index is 11.3. The summed E-state index contributed by atoms with van der Waals surface area (Å²) in [5.74, 6) is -0.234. The number of hydrogen-bond donors (Lipinski definition) is 3. The third kappa shape index (κ3) is 4.66. The minimum atomic E-state index is -0.516. The van der Waals surface area contributed by atoms with E-state index in [1.807, 2.05) is 12.1 Å². The standard InChI is InChI=1S/C10H12BrN3O2S/c1-13-10(16)14-9(15)5-17-8-4-6(11)2-3-7(8)12/h2-4H,5,12H2,1H3,(H2,13,14,15,16). The number of carbonyl (C=O) groups is 2. The number of urea groups is 1. The van der Waals surface area contributed by atoms with Gasteiger partial charge in [-0.25, -0.2) is 4.79 Å². The fourth-order valence-corrected chi connectivity index (χ4v) is 2.32. The van der Waals surface area contributed by atoms with Crippen LogP contribution in [0.1, 0.15) is 0 Å². The highest BCUT2D eigenvalue weighted by Crippen LogP contribution is 2.27. The Bertz CT molecular complexity index is 440. The molecule has 1 aromatic carbocycles. The van der Waals surface area contributed by atoms with E-state index < -0.39 is 6.03 Å². The average molecular weight is 318 g/mol. The molecule has 0 fully saturated rings. The smallest absolute Gasteiger partial charge is 0.321 e. The third-order valence-electron chi connectivity index (χ3n) is 1.81. The Hall–Kier alpha value is -1.21. The fourth-order valence-electron chi connectivity index (χ4n) is 1.00. The van der Waals surface area contributed by atoms with Crippen molar-refractivity contribution in [2.24, 2.45) is 0 Å². The Morgan fingerprint density at radius 1 is 1.47 bits per heavy atom. The zero-order valence-corrected chi connectivity index (χ0v) is 11.5. The molecule has 0 aromatic heterocycles. The molecular formula is C10H12BrN3O2S. The molecule has 0 unspecified atom stereocenters. The van der Waals surface area contributed by atoms with Gasteiger partial charge in [-0.05, 0) is 18.2 Å². The lowest BCUT2D eigenvalue weighted by Gasteiger charge is -2.06. The summed E-state index contributed by atoms with van der Waals surface area (Å²) in [6, 6.07) is 4.89. The summed E-state index contributed by atoms with van der Waals surface area (Å²) in [4.78, 5) is 23.0. The van der Waals surface area contributed by atoms with Crippen LogP contribution in [0.15, 0.2) is 27.6 Å². The third-order valence-corrected chi connectivity index (χ3v) is 3.38. The monoisotopic (exact) mass is 317 g/mol. The number of nitrogens with two attached hydrogens (primary N) is 1. The second-order valence-electron chi connectivity index (χ2n) is 3.10. The largest absolute Gasteiger partial charge is 0.398 e. The second kappa shape index (κ2) is 6.51. The van der Waals surface area contributed by atoms with Crippen molar-refractivity contribution in [3.05, 3.63) is 22.7 Å². The molecule has 0 spiro atoms. The second-order valence-corrected chi connectivity index (χ2v) is 5.03. The van der Waals surface area contributed by atoms with E-state index in [2.05, 4.69) is 26.6 Å². The van der Waals surface area contributed by atoms with E-state index in [0.29, 0.717) is 5.69 Å². The molecule has 0 atom stereocenters. The van der Waals surface area contributed by atoms with Gasteiger partial charge in [0.2, 0.25) is 5.91 Å². The molecule has 92 valence electrons. The van der Waals surface area contributed by atoms with Gasteiger partial charge in [-0.1, -0.05) is 15.9 Å². The van der Waals surface area contributed by atoms with Gasteiger partial charge in [0, 0.05) is 22.1 Å². The minimum Gasteiger partial charge on any atom is -0.398 e. The van der Waals surface area contributed by atoms with Crippen LogP contribution in [-0.2, 0) is 4.79 Å². The van der Waals surface area contributed by atoms with Crippen LogP contribution in [0.4, 0.5) is 10.5 Å². The van der Waals surface area contributed by atoms with E-state index in [0.717, 1.165) is 9.37 Å². The molecule has 0 aliphatic rings. The van der Waals surface area contributed by atoms with Crippen molar-refractivity contribution >= 4 is 45.3 Å². The van der Waals surface area contributed by atoms with E-state index in [-0.39, 0.29) is 11.7 Å². The van der Waals surface area contributed by atoms with E-state index in [1.54, 1.807) is 6.07 Å². The zero-order chi connectivity index (χ0) is 12.8. The molecule has 5 nitrogen and oxygen atoms in total. The molecule has 0 radical (unpaired) electrons. The number of nitrogen functional groups attached to an aromatic ring is 1. The van der Waals surface area contributed by atoms with Gasteiger partial charge in [-0.15, -0.1) is 11.8 Å². The average Bonchev–Trinajstić information content (AvgIpc) is 2.30. The zero-order valence-electron chi connectivity index (χ0n) is 9.12. The molecule has 3 amide bonds. The molecule has 0 saturated heterocycles. The molecule has 17 heavy (non-hydrogen) atoms. The molecule has 0 aliphatic heterocycles. The summed E-state index contributed by atoms with van der Waals surface area (Å²) in [7, 11) is 1.45. The predicted octanol–water partition coefficient (Wildman–Crippen LogP) is 1.58. The first-order chi connectivity index (χ1) is 8.02. The van der Waals surface area contributed by atoms with Gasteiger partial charge in [0.15, 0.2) is 0 Å². The molecule has 1 aromatic rings. The summed E-state index contributed by atoms with van der Waals surface area (Å²) in [5.41, 5.74) is 6.35. The first-order valence-electron chi connectivity index (χ1n) is 4.72. The SMILES string of the molecule is CNC(=O)NC(=O)CSc1cc(Br)ccc1N. The van der Waals surface area contributed by atoms with Crippen molar-refractivity contribution in [3.8, 4) is 0 Å². The quantitative estimate of drug-likeness (QED) is 0.583. The first kappa shape index (κ1) is 13.9. The van der Waals surface area contributed by atoms with E-state index in [4.69, 9.17) is 5.73 Å². The summed E-state index contributed by atoms with van der Waals surface area (Å²) in [6.07, 6.45) is 0. The van der Waals surface area contributed by atoms with Crippen LogP contribution < -0.4 is 16.4 Å². The number of amides is 3. The number of benzene rings is 1. The number of hydrogen-bond acceptors (Lipinski definition) is 4. The van der Waals surface area contributed by atoms with Crippen molar-refractivity contribution in [1.29, 1.82) is 0 Å². The number of carbonyl (C=O) groups excluding carboxylic acids is 2. The van der Waals surface area contributed by atoms with Crippen LogP contribution in [0.25, 0.3) is 0 Å². The highest BCUT2D eigenvalue weighted by molar-refractivity contribution is 9.10. The molecule has 1 rings (SSSR count). The van der Waals surface area contributed by atoms with Crippen LogP contribution >= 0.6 is 27.7 Å². The van der Waals surface area contributed by atoms with Crippen molar-refractivity contribution < 1.29 is 9.59 Å². The maximum Gasteiger partial charge on any atom is 0.321 e. The Morgan fingerprint density at radius 2 is 2.18 bits per heavy atom. The van der Waals surface area contributed by atoms with Crippen molar-refractivity contribution in [3.63, 3.8) is 0 Å². The van der Waals surface area contributed by atoms with Crippen LogP contribution in [0.5, 0.6) is 0 Å². The molecule has 0 heterocycles. The Labute approximate surface area is 112 Å². The van der Waals surface area contributed by atoms with Crippen molar-refractivity contribution in [2.45, 2.75) is 4.90 Å². The summed E-state index contributed by atoms with van der Waals surface area (Å²) in [5, 5.41) is 4.47. The van der Waals surface area contributed by atoms with Gasteiger partial charge >= 0.3 is 6.03 Å². The fraction of sp³-hybridized carbons (Fsp3) is 0.200. The molecular weight excluding hydrogens is 306 g/mol. The highest BCUT2D eigenvalue weighted by atomic mass is 79.9. The van der Waals surface area contributed by atoms with Gasteiger partial charge in [-0.2, -0.15) is 0 Å². The normalized spacial score (nSPS) is 9.76. The summed E-state index contributed by atoms with van der Waals surface area (Å²) in [6.45, 7) is 0. The lowest BCUT2D eigenvalue weighted by Crippen LogP contribution is -2.38. The maximum atomic E-state index is 11.3. The van der Waals surface area contributed by atoms with Gasteiger partial charge in [0.25, 0.3) is 0 Å². The number of imide groups is 1.